The van der Waals surface area contributed by atoms with Crippen LogP contribution in [0.15, 0.2) is 29.3 Å². The molecule has 0 fully saturated rings. The van der Waals surface area contributed by atoms with Crippen LogP contribution in [0, 0.1) is 5.92 Å². The van der Waals surface area contributed by atoms with E-state index < -0.39 is 0 Å². The second-order valence-corrected chi connectivity index (χ2v) is 7.76. The molecule has 6 nitrogen and oxygen atoms in total. The molecule has 168 valence electrons. The highest BCUT2D eigenvalue weighted by molar-refractivity contribution is 14.0. The lowest BCUT2D eigenvalue weighted by molar-refractivity contribution is 0.0548. The maximum Gasteiger partial charge on any atom is 0.191 e. The van der Waals surface area contributed by atoms with Gasteiger partial charge in [0.15, 0.2) is 5.96 Å². The molecule has 1 aromatic rings. The van der Waals surface area contributed by atoms with Crippen LogP contribution in [0.4, 0.5) is 0 Å². The third kappa shape index (κ3) is 12.3. The Bertz CT molecular complexity index is 564. The van der Waals surface area contributed by atoms with Gasteiger partial charge in [-0.05, 0) is 58.0 Å². The first-order chi connectivity index (χ1) is 13.3. The number of rotatable bonds is 12. The predicted octanol–water partition coefficient (Wildman–Crippen LogP) is 3.92. The number of guanidine groups is 1. The summed E-state index contributed by atoms with van der Waals surface area (Å²) < 4.78 is 11.6. The number of benzene rings is 1. The molecule has 0 amide bonds. The van der Waals surface area contributed by atoms with Crippen molar-refractivity contribution in [3.05, 3.63) is 29.8 Å². The molecule has 0 saturated carbocycles. The lowest BCUT2D eigenvalue weighted by atomic mass is 10.1. The van der Waals surface area contributed by atoms with E-state index in [1.807, 2.05) is 19.1 Å². The second-order valence-electron chi connectivity index (χ2n) is 7.76. The minimum absolute atomic E-state index is 0. The molecule has 0 bridgehead atoms. The SMILES string of the molecule is CCOC(CCN(C)C)CNC(=NC)NC(C)c1ccc(OCC(C)C)cc1.I. The number of halogens is 1. The maximum absolute atomic E-state index is 5.84. The second kappa shape index (κ2) is 15.7. The average molecular weight is 521 g/mol. The van der Waals surface area contributed by atoms with Crippen LogP contribution in [-0.4, -0.2) is 64.4 Å². The van der Waals surface area contributed by atoms with Gasteiger partial charge in [-0.3, -0.25) is 4.99 Å². The number of ether oxygens (including phenoxy) is 2. The minimum Gasteiger partial charge on any atom is -0.493 e. The fourth-order valence-corrected chi connectivity index (χ4v) is 2.69. The highest BCUT2D eigenvalue weighted by atomic mass is 127. The quantitative estimate of drug-likeness (QED) is 0.249. The summed E-state index contributed by atoms with van der Waals surface area (Å²) in [6.07, 6.45) is 1.15. The van der Waals surface area contributed by atoms with Gasteiger partial charge >= 0.3 is 0 Å². The fraction of sp³-hybridized carbons (Fsp3) is 0.682. The Labute approximate surface area is 194 Å². The van der Waals surface area contributed by atoms with Crippen molar-refractivity contribution < 1.29 is 9.47 Å². The van der Waals surface area contributed by atoms with Crippen LogP contribution >= 0.6 is 24.0 Å². The monoisotopic (exact) mass is 520 g/mol. The minimum atomic E-state index is 0. The van der Waals surface area contributed by atoms with Gasteiger partial charge < -0.3 is 25.0 Å². The van der Waals surface area contributed by atoms with Crippen molar-refractivity contribution >= 4 is 29.9 Å². The summed E-state index contributed by atoms with van der Waals surface area (Å²) in [6.45, 7) is 11.6. The van der Waals surface area contributed by atoms with Crippen LogP contribution in [0.1, 0.15) is 45.7 Å². The van der Waals surface area contributed by atoms with Crippen LogP contribution in [0.25, 0.3) is 0 Å². The molecule has 2 N–H and O–H groups in total. The van der Waals surface area contributed by atoms with Crippen molar-refractivity contribution in [3.63, 3.8) is 0 Å². The van der Waals surface area contributed by atoms with Gasteiger partial charge in [0.2, 0.25) is 0 Å². The molecule has 0 aliphatic heterocycles. The topological polar surface area (TPSA) is 58.1 Å². The van der Waals surface area contributed by atoms with Crippen molar-refractivity contribution in [2.24, 2.45) is 10.9 Å². The Hall–Kier alpha value is -1.06. The molecule has 2 atom stereocenters. The van der Waals surface area contributed by atoms with Gasteiger partial charge in [-0.15, -0.1) is 24.0 Å². The lowest BCUT2D eigenvalue weighted by Gasteiger charge is -2.23. The Morgan fingerprint density at radius 1 is 1.14 bits per heavy atom. The van der Waals surface area contributed by atoms with Crippen LogP contribution in [-0.2, 0) is 4.74 Å². The van der Waals surface area contributed by atoms with Crippen molar-refractivity contribution in [2.75, 3.05) is 47.4 Å². The normalized spacial score (nSPS) is 13.8. The summed E-state index contributed by atoms with van der Waals surface area (Å²) in [5.74, 6) is 2.21. The molecule has 0 heterocycles. The van der Waals surface area contributed by atoms with E-state index >= 15 is 0 Å². The standard InChI is InChI=1S/C22H40N4O2.HI/c1-8-27-21(13-14-26(6)7)15-24-22(23-5)25-18(4)19-9-11-20(12-10-19)28-16-17(2)3;/h9-12,17-18,21H,8,13-16H2,1-7H3,(H2,23,24,25);1H. The molecular formula is C22H41IN4O2. The molecule has 0 aromatic heterocycles. The summed E-state index contributed by atoms with van der Waals surface area (Å²) in [4.78, 5) is 6.53. The van der Waals surface area contributed by atoms with E-state index in [1.165, 1.54) is 5.56 Å². The van der Waals surface area contributed by atoms with Crippen LogP contribution in [0.3, 0.4) is 0 Å². The first-order valence-corrected chi connectivity index (χ1v) is 10.3. The van der Waals surface area contributed by atoms with E-state index in [0.717, 1.165) is 37.8 Å². The Balaban J connectivity index is 0.00000784. The van der Waals surface area contributed by atoms with Gasteiger partial charge in [-0.25, -0.2) is 0 Å². The molecule has 0 aliphatic rings. The van der Waals surface area contributed by atoms with Crippen LogP contribution in [0.2, 0.25) is 0 Å². The number of aliphatic imine (C=N–C) groups is 1. The molecule has 7 heteroatoms. The highest BCUT2D eigenvalue weighted by Gasteiger charge is 2.12. The number of hydrogen-bond acceptors (Lipinski definition) is 4. The summed E-state index contributed by atoms with van der Waals surface area (Å²) in [6, 6.07) is 8.39. The van der Waals surface area contributed by atoms with Gasteiger partial charge in [-0.2, -0.15) is 0 Å². The van der Waals surface area contributed by atoms with E-state index in [1.54, 1.807) is 7.05 Å². The van der Waals surface area contributed by atoms with Crippen molar-refractivity contribution in [2.45, 2.75) is 46.3 Å². The molecule has 0 spiro atoms. The Kier molecular flexibility index (Phi) is 15.2. The van der Waals surface area contributed by atoms with E-state index in [0.29, 0.717) is 12.5 Å². The van der Waals surface area contributed by atoms with Crippen LogP contribution < -0.4 is 15.4 Å². The molecule has 1 aromatic carbocycles. The van der Waals surface area contributed by atoms with E-state index in [9.17, 15) is 0 Å². The van der Waals surface area contributed by atoms with Crippen molar-refractivity contribution in [1.29, 1.82) is 0 Å². The van der Waals surface area contributed by atoms with Gasteiger partial charge in [0.25, 0.3) is 0 Å². The largest absolute Gasteiger partial charge is 0.493 e. The van der Waals surface area contributed by atoms with Gasteiger partial charge in [0.1, 0.15) is 5.75 Å². The lowest BCUT2D eigenvalue weighted by Crippen LogP contribution is -2.43. The summed E-state index contributed by atoms with van der Waals surface area (Å²) in [5.41, 5.74) is 1.19. The molecule has 2 unspecified atom stereocenters. The van der Waals surface area contributed by atoms with Gasteiger partial charge in [0, 0.05) is 26.7 Å². The average Bonchev–Trinajstić information content (AvgIpc) is 2.67. The predicted molar refractivity (Wildman–Crippen MR) is 134 cm³/mol. The maximum atomic E-state index is 5.84. The molecule has 0 saturated heterocycles. The van der Waals surface area contributed by atoms with E-state index in [-0.39, 0.29) is 36.1 Å². The number of nitrogens with one attached hydrogen (secondary N) is 2. The Morgan fingerprint density at radius 2 is 1.79 bits per heavy atom. The zero-order chi connectivity index (χ0) is 20.9. The first-order valence-electron chi connectivity index (χ1n) is 10.3. The van der Waals surface area contributed by atoms with E-state index in [4.69, 9.17) is 9.47 Å². The fourth-order valence-electron chi connectivity index (χ4n) is 2.69. The summed E-state index contributed by atoms with van der Waals surface area (Å²) in [7, 11) is 5.95. The molecule has 29 heavy (non-hydrogen) atoms. The summed E-state index contributed by atoms with van der Waals surface area (Å²) >= 11 is 0. The van der Waals surface area contributed by atoms with Gasteiger partial charge in [0.05, 0.1) is 18.8 Å². The number of hydrogen-bond donors (Lipinski definition) is 2. The zero-order valence-electron chi connectivity index (χ0n) is 19.2. The van der Waals surface area contributed by atoms with Gasteiger partial charge in [-0.1, -0.05) is 26.0 Å². The van der Waals surface area contributed by atoms with Crippen LogP contribution in [0.5, 0.6) is 5.75 Å². The molecule has 0 radical (unpaired) electrons. The van der Waals surface area contributed by atoms with E-state index in [2.05, 4.69) is 67.5 Å². The van der Waals surface area contributed by atoms with Crippen molar-refractivity contribution in [1.82, 2.24) is 15.5 Å². The summed E-state index contributed by atoms with van der Waals surface area (Å²) in [5, 5.41) is 6.84. The molecule has 0 aliphatic carbocycles. The smallest absolute Gasteiger partial charge is 0.191 e. The number of nitrogens with zero attached hydrogens (tertiary/aromatic N) is 2. The zero-order valence-corrected chi connectivity index (χ0v) is 21.5. The van der Waals surface area contributed by atoms with Crippen molar-refractivity contribution in [3.8, 4) is 5.75 Å². The third-order valence-electron chi connectivity index (χ3n) is 4.34. The molecule has 1 rings (SSSR count). The first kappa shape index (κ1) is 27.9. The third-order valence-corrected chi connectivity index (χ3v) is 4.34. The molecular weight excluding hydrogens is 479 g/mol. The highest BCUT2D eigenvalue weighted by Crippen LogP contribution is 2.18. The Morgan fingerprint density at radius 3 is 2.31 bits per heavy atom.